The standard InChI is InChI=1S/C3H7NO3/c4-2(1-5)3(6)7/h2,5H,1,4H2,(H,6,7)/t2-/m0/s1/i1+1,2+1. The van der Waals surface area contributed by atoms with Crippen LogP contribution in [0.2, 0.25) is 0 Å². The minimum absolute atomic E-state index is 0.505. The highest BCUT2D eigenvalue weighted by Crippen LogP contribution is 1.71. The first-order chi connectivity index (χ1) is 3.18. The first-order valence-corrected chi connectivity index (χ1v) is 1.77. The van der Waals surface area contributed by atoms with Crippen LogP contribution in [0.1, 0.15) is 0 Å². The average Bonchev–Trinajstić information content (AvgIpc) is 1.65. The van der Waals surface area contributed by atoms with Crippen LogP contribution >= 0.6 is 0 Å². The Morgan fingerprint density at radius 2 is 2.29 bits per heavy atom. The number of hydrogen-bond acceptors (Lipinski definition) is 3. The molecule has 0 rings (SSSR count). The monoisotopic (exact) mass is 107 g/mol. The molecule has 0 aliphatic carbocycles. The fraction of sp³-hybridized carbons (Fsp3) is 0.667. The minimum atomic E-state index is -1.18. The van der Waals surface area contributed by atoms with Gasteiger partial charge in [-0.2, -0.15) is 0 Å². The molecule has 0 amide bonds. The molecule has 0 bridgehead atoms. The summed E-state index contributed by atoms with van der Waals surface area (Å²) in [5.74, 6) is -1.18. The van der Waals surface area contributed by atoms with Crippen LogP contribution in [0.4, 0.5) is 0 Å². The highest BCUT2D eigenvalue weighted by Gasteiger charge is 2.06. The van der Waals surface area contributed by atoms with E-state index in [4.69, 9.17) is 15.9 Å². The van der Waals surface area contributed by atoms with E-state index in [0.717, 1.165) is 0 Å². The lowest BCUT2D eigenvalue weighted by Crippen LogP contribution is -2.33. The van der Waals surface area contributed by atoms with E-state index in [1.54, 1.807) is 0 Å². The van der Waals surface area contributed by atoms with Crippen LogP contribution < -0.4 is 5.73 Å². The number of hydrogen-bond donors (Lipinski definition) is 3. The lowest BCUT2D eigenvalue weighted by molar-refractivity contribution is -0.139. The van der Waals surface area contributed by atoms with E-state index in [-0.39, 0.29) is 0 Å². The topological polar surface area (TPSA) is 83.5 Å². The lowest BCUT2D eigenvalue weighted by atomic mass is 10.9. The molecule has 0 fully saturated rings. The molecule has 0 aromatic heterocycles. The van der Waals surface area contributed by atoms with Crippen molar-refractivity contribution in [1.82, 2.24) is 0 Å². The predicted molar refractivity (Wildman–Crippen MR) is 22.7 cm³/mol. The Balaban J connectivity index is 3.34. The maximum absolute atomic E-state index is 9.65. The zero-order valence-electron chi connectivity index (χ0n) is 3.66. The van der Waals surface area contributed by atoms with Crippen LogP contribution in [-0.2, 0) is 4.79 Å². The van der Waals surface area contributed by atoms with Gasteiger partial charge in [-0.1, -0.05) is 0 Å². The summed E-state index contributed by atoms with van der Waals surface area (Å²) in [6.45, 7) is -0.505. The van der Waals surface area contributed by atoms with E-state index >= 15 is 0 Å². The summed E-state index contributed by atoms with van der Waals surface area (Å²) in [5, 5.41) is 15.9. The highest BCUT2D eigenvalue weighted by atomic mass is 16.4. The van der Waals surface area contributed by atoms with E-state index < -0.39 is 18.6 Å². The van der Waals surface area contributed by atoms with Gasteiger partial charge in [0.05, 0.1) is 6.61 Å². The van der Waals surface area contributed by atoms with Crippen molar-refractivity contribution < 1.29 is 15.0 Å². The third-order valence-corrected chi connectivity index (χ3v) is 0.514. The lowest BCUT2D eigenvalue weighted by Gasteiger charge is -1.96. The number of aliphatic hydroxyl groups excluding tert-OH is 1. The van der Waals surface area contributed by atoms with Gasteiger partial charge in [-0.05, 0) is 0 Å². The highest BCUT2D eigenvalue weighted by molar-refractivity contribution is 5.73. The molecule has 4 heteroatoms. The number of nitrogens with two attached hydrogens (primary N) is 1. The van der Waals surface area contributed by atoms with Crippen LogP contribution in [0.5, 0.6) is 0 Å². The van der Waals surface area contributed by atoms with Crippen molar-refractivity contribution >= 4 is 5.97 Å². The largest absolute Gasteiger partial charge is 0.480 e. The first kappa shape index (κ1) is 6.39. The summed E-state index contributed by atoms with van der Waals surface area (Å²) in [7, 11) is 0. The van der Waals surface area contributed by atoms with Gasteiger partial charge in [-0.3, -0.25) is 4.79 Å². The summed E-state index contributed by atoms with van der Waals surface area (Å²) in [6, 6.07) is -1.13. The fourth-order valence-corrected chi connectivity index (χ4v) is 0.0781. The van der Waals surface area contributed by atoms with Crippen LogP contribution in [0.3, 0.4) is 0 Å². The Kier molecular flexibility index (Phi) is 2.32. The maximum Gasteiger partial charge on any atom is 0.322 e. The molecular weight excluding hydrogens is 100 g/mol. The van der Waals surface area contributed by atoms with E-state index in [1.165, 1.54) is 0 Å². The third kappa shape index (κ3) is 2.13. The Morgan fingerprint density at radius 1 is 1.86 bits per heavy atom. The van der Waals surface area contributed by atoms with Gasteiger partial charge < -0.3 is 15.9 Å². The Bertz CT molecular complexity index is 72.6. The summed E-state index contributed by atoms with van der Waals surface area (Å²) >= 11 is 0. The molecule has 7 heavy (non-hydrogen) atoms. The van der Waals surface area contributed by atoms with Crippen molar-refractivity contribution in [2.75, 3.05) is 6.61 Å². The predicted octanol–water partition coefficient (Wildman–Crippen LogP) is -1.61. The molecule has 0 unspecified atom stereocenters. The second-order valence-electron chi connectivity index (χ2n) is 1.13. The normalized spacial score (nSPS) is 13.4. The average molecular weight is 107 g/mol. The van der Waals surface area contributed by atoms with Crippen LogP contribution in [0.25, 0.3) is 0 Å². The zero-order chi connectivity index (χ0) is 5.86. The van der Waals surface area contributed by atoms with Crippen LogP contribution in [0, 0.1) is 0 Å². The third-order valence-electron chi connectivity index (χ3n) is 0.514. The molecule has 0 saturated heterocycles. The Hall–Kier alpha value is -0.610. The van der Waals surface area contributed by atoms with Crippen LogP contribution in [-0.4, -0.2) is 28.8 Å². The summed E-state index contributed by atoms with van der Waals surface area (Å²) < 4.78 is 0. The molecule has 0 spiro atoms. The number of aliphatic carboxylic acids is 1. The molecule has 0 aromatic carbocycles. The molecule has 0 aliphatic rings. The molecule has 4 N–H and O–H groups in total. The summed E-state index contributed by atoms with van der Waals surface area (Å²) in [6.07, 6.45) is 0. The number of aliphatic hydroxyl groups is 1. The second kappa shape index (κ2) is 2.54. The van der Waals surface area contributed by atoms with Gasteiger partial charge in [0.15, 0.2) is 0 Å². The minimum Gasteiger partial charge on any atom is -0.480 e. The van der Waals surface area contributed by atoms with E-state index in [2.05, 4.69) is 0 Å². The summed E-state index contributed by atoms with van der Waals surface area (Å²) in [4.78, 5) is 9.65. The van der Waals surface area contributed by atoms with Crippen molar-refractivity contribution in [3.8, 4) is 0 Å². The number of carboxylic acids is 1. The van der Waals surface area contributed by atoms with E-state index in [9.17, 15) is 4.79 Å². The molecular formula is C3H7NO3. The molecule has 0 aromatic rings. The molecule has 0 aliphatic heterocycles. The van der Waals surface area contributed by atoms with Crippen molar-refractivity contribution in [2.24, 2.45) is 5.73 Å². The molecule has 4 nitrogen and oxygen atoms in total. The number of rotatable bonds is 2. The first-order valence-electron chi connectivity index (χ1n) is 1.77. The molecule has 42 valence electrons. The molecule has 0 saturated carbocycles. The number of carboxylic acid groups (broad SMARTS) is 1. The van der Waals surface area contributed by atoms with Gasteiger partial charge in [0.25, 0.3) is 0 Å². The Morgan fingerprint density at radius 3 is 2.29 bits per heavy atom. The van der Waals surface area contributed by atoms with Gasteiger partial charge in [-0.15, -0.1) is 0 Å². The zero-order valence-corrected chi connectivity index (χ0v) is 3.66. The molecule has 1 atom stereocenters. The quantitative estimate of drug-likeness (QED) is 0.371. The maximum atomic E-state index is 9.65. The van der Waals surface area contributed by atoms with Crippen molar-refractivity contribution in [1.29, 1.82) is 0 Å². The fourth-order valence-electron chi connectivity index (χ4n) is 0.0781. The van der Waals surface area contributed by atoms with E-state index in [1.807, 2.05) is 0 Å². The Labute approximate surface area is 40.6 Å². The summed E-state index contributed by atoms with van der Waals surface area (Å²) in [5.41, 5.74) is 4.77. The molecule has 0 heterocycles. The van der Waals surface area contributed by atoms with Crippen molar-refractivity contribution in [3.05, 3.63) is 0 Å². The van der Waals surface area contributed by atoms with Gasteiger partial charge >= 0.3 is 5.97 Å². The van der Waals surface area contributed by atoms with E-state index in [0.29, 0.717) is 0 Å². The molecule has 0 radical (unpaired) electrons. The smallest absolute Gasteiger partial charge is 0.322 e. The van der Waals surface area contributed by atoms with Gasteiger partial charge in [0, 0.05) is 0 Å². The second-order valence-corrected chi connectivity index (χ2v) is 1.13. The number of carbonyl (C=O) groups is 1. The SMILES string of the molecule is N[13C@@H]([13CH2]O)C(=O)O. The van der Waals surface area contributed by atoms with Gasteiger partial charge in [0.2, 0.25) is 0 Å². The van der Waals surface area contributed by atoms with Crippen LogP contribution in [0.15, 0.2) is 0 Å². The van der Waals surface area contributed by atoms with Gasteiger partial charge in [-0.25, -0.2) is 0 Å². The van der Waals surface area contributed by atoms with Crippen molar-refractivity contribution in [3.63, 3.8) is 0 Å². The van der Waals surface area contributed by atoms with Crippen molar-refractivity contribution in [2.45, 2.75) is 6.04 Å². The van der Waals surface area contributed by atoms with Gasteiger partial charge in [0.1, 0.15) is 6.04 Å².